The number of carbonyl (C=O) groups is 1. The van der Waals surface area contributed by atoms with Gasteiger partial charge in [0, 0.05) is 56.1 Å². The Morgan fingerprint density at radius 2 is 2.27 bits per heavy atom. The first-order valence-corrected chi connectivity index (χ1v) is 8.61. The number of aromatic nitrogens is 1. The van der Waals surface area contributed by atoms with Gasteiger partial charge in [-0.05, 0) is 29.8 Å². The molecular formula is C18H21Cl2FN4O. The van der Waals surface area contributed by atoms with E-state index in [1.54, 1.807) is 12.3 Å². The molecule has 0 radical (unpaired) electrons. The minimum absolute atomic E-state index is 0. The van der Waals surface area contributed by atoms with Crippen LogP contribution < -0.4 is 10.6 Å². The van der Waals surface area contributed by atoms with E-state index in [-0.39, 0.29) is 30.0 Å². The van der Waals surface area contributed by atoms with E-state index in [0.717, 1.165) is 25.2 Å². The zero-order chi connectivity index (χ0) is 17.6. The zero-order valence-electron chi connectivity index (χ0n) is 14.1. The summed E-state index contributed by atoms with van der Waals surface area (Å²) >= 11 is 5.72. The number of hydrogen-bond donors (Lipinski definition) is 2. The normalized spacial score (nSPS) is 17.4. The van der Waals surface area contributed by atoms with Crippen LogP contribution in [-0.4, -0.2) is 42.0 Å². The number of piperazine rings is 1. The molecule has 1 aliphatic heterocycles. The molecule has 1 amide bonds. The van der Waals surface area contributed by atoms with Gasteiger partial charge < -0.3 is 10.6 Å². The lowest BCUT2D eigenvalue weighted by Crippen LogP contribution is -2.46. The fourth-order valence-corrected chi connectivity index (χ4v) is 3.12. The van der Waals surface area contributed by atoms with Gasteiger partial charge in [0.2, 0.25) is 5.91 Å². The highest BCUT2D eigenvalue weighted by Gasteiger charge is 2.24. The van der Waals surface area contributed by atoms with Crippen LogP contribution in [0.15, 0.2) is 42.7 Å². The average molecular weight is 399 g/mol. The van der Waals surface area contributed by atoms with Crippen LogP contribution in [0.4, 0.5) is 10.1 Å². The number of hydrogen-bond acceptors (Lipinski definition) is 4. The molecule has 5 nitrogen and oxygen atoms in total. The van der Waals surface area contributed by atoms with E-state index in [9.17, 15) is 9.18 Å². The summed E-state index contributed by atoms with van der Waals surface area (Å²) in [6.45, 7) is 3.15. The molecule has 1 aromatic carbocycles. The number of benzene rings is 1. The van der Waals surface area contributed by atoms with Crippen LogP contribution in [0.1, 0.15) is 18.0 Å². The Morgan fingerprint density at radius 3 is 3.00 bits per heavy atom. The number of pyridine rings is 1. The molecule has 1 unspecified atom stereocenters. The Morgan fingerprint density at radius 1 is 1.42 bits per heavy atom. The predicted octanol–water partition coefficient (Wildman–Crippen LogP) is 3.27. The summed E-state index contributed by atoms with van der Waals surface area (Å²) in [5.41, 5.74) is 1.28. The van der Waals surface area contributed by atoms with Crippen LogP contribution in [0.2, 0.25) is 5.02 Å². The third-order valence-electron chi connectivity index (χ3n) is 4.25. The van der Waals surface area contributed by atoms with Gasteiger partial charge in [0.05, 0.1) is 5.69 Å². The van der Waals surface area contributed by atoms with Crippen molar-refractivity contribution in [2.24, 2.45) is 0 Å². The Hall–Kier alpha value is -1.73. The molecule has 1 atom stereocenters. The molecule has 1 aromatic heterocycles. The largest absolute Gasteiger partial charge is 0.324 e. The number of anilines is 1. The van der Waals surface area contributed by atoms with Gasteiger partial charge in [-0.3, -0.25) is 14.7 Å². The van der Waals surface area contributed by atoms with Crippen molar-refractivity contribution < 1.29 is 9.18 Å². The molecule has 1 fully saturated rings. The van der Waals surface area contributed by atoms with Crippen molar-refractivity contribution in [1.82, 2.24) is 15.2 Å². The van der Waals surface area contributed by atoms with Gasteiger partial charge in [-0.2, -0.15) is 0 Å². The molecule has 26 heavy (non-hydrogen) atoms. The lowest BCUT2D eigenvalue weighted by Gasteiger charge is -2.36. The molecule has 8 heteroatoms. The SMILES string of the molecule is Cl.O=C(CCN1CCNCC1c1cccnc1)Nc1ccc(Cl)cc1F. The molecule has 2 aromatic rings. The number of halogens is 3. The highest BCUT2D eigenvalue weighted by molar-refractivity contribution is 6.30. The van der Waals surface area contributed by atoms with E-state index < -0.39 is 5.82 Å². The zero-order valence-corrected chi connectivity index (χ0v) is 15.7. The van der Waals surface area contributed by atoms with Crippen LogP contribution in [0.25, 0.3) is 0 Å². The Balaban J connectivity index is 0.00000243. The Kier molecular flexibility index (Phi) is 7.78. The van der Waals surface area contributed by atoms with Crippen molar-refractivity contribution in [2.75, 3.05) is 31.5 Å². The smallest absolute Gasteiger partial charge is 0.225 e. The molecule has 3 rings (SSSR count). The number of rotatable bonds is 5. The summed E-state index contributed by atoms with van der Waals surface area (Å²) in [5.74, 6) is -0.749. The van der Waals surface area contributed by atoms with Crippen molar-refractivity contribution in [3.05, 3.63) is 59.1 Å². The van der Waals surface area contributed by atoms with Crippen molar-refractivity contribution in [3.63, 3.8) is 0 Å². The van der Waals surface area contributed by atoms with Crippen LogP contribution in [0.5, 0.6) is 0 Å². The molecule has 0 aliphatic carbocycles. The van der Waals surface area contributed by atoms with Crippen LogP contribution in [-0.2, 0) is 4.79 Å². The number of amides is 1. The molecule has 2 heterocycles. The maximum absolute atomic E-state index is 13.8. The fourth-order valence-electron chi connectivity index (χ4n) is 2.96. The van der Waals surface area contributed by atoms with E-state index in [2.05, 4.69) is 20.5 Å². The van der Waals surface area contributed by atoms with Gasteiger partial charge in [0.25, 0.3) is 0 Å². The third kappa shape index (κ3) is 5.38. The second-order valence-electron chi connectivity index (χ2n) is 5.96. The highest BCUT2D eigenvalue weighted by atomic mass is 35.5. The molecule has 0 saturated carbocycles. The number of nitrogens with zero attached hydrogens (tertiary/aromatic N) is 2. The Labute approximate surface area is 163 Å². The summed E-state index contributed by atoms with van der Waals surface area (Å²) in [6, 6.07) is 8.35. The molecule has 0 spiro atoms. The van der Waals surface area contributed by atoms with E-state index in [4.69, 9.17) is 11.6 Å². The molecule has 1 aliphatic rings. The van der Waals surface area contributed by atoms with Crippen molar-refractivity contribution in [2.45, 2.75) is 12.5 Å². The summed E-state index contributed by atoms with van der Waals surface area (Å²) in [4.78, 5) is 18.6. The maximum Gasteiger partial charge on any atom is 0.225 e. The minimum Gasteiger partial charge on any atom is -0.324 e. The summed E-state index contributed by atoms with van der Waals surface area (Å²) in [5, 5.41) is 6.28. The van der Waals surface area contributed by atoms with E-state index in [1.165, 1.54) is 12.1 Å². The number of nitrogens with one attached hydrogen (secondary N) is 2. The molecule has 2 N–H and O–H groups in total. The maximum atomic E-state index is 13.8. The quantitative estimate of drug-likeness (QED) is 0.811. The number of carbonyl (C=O) groups excluding carboxylic acids is 1. The van der Waals surface area contributed by atoms with Crippen LogP contribution in [0, 0.1) is 5.82 Å². The van der Waals surface area contributed by atoms with Crippen LogP contribution in [0.3, 0.4) is 0 Å². The van der Waals surface area contributed by atoms with Crippen molar-refractivity contribution >= 4 is 35.6 Å². The van der Waals surface area contributed by atoms with Gasteiger partial charge in [-0.25, -0.2) is 4.39 Å². The second kappa shape index (κ2) is 9.83. The van der Waals surface area contributed by atoms with Crippen molar-refractivity contribution in [1.29, 1.82) is 0 Å². The van der Waals surface area contributed by atoms with Gasteiger partial charge >= 0.3 is 0 Å². The lowest BCUT2D eigenvalue weighted by molar-refractivity contribution is -0.116. The van der Waals surface area contributed by atoms with Gasteiger partial charge in [0.15, 0.2) is 0 Å². The first-order valence-electron chi connectivity index (χ1n) is 8.23. The van der Waals surface area contributed by atoms with Crippen molar-refractivity contribution in [3.8, 4) is 0 Å². The molecular weight excluding hydrogens is 378 g/mol. The highest BCUT2D eigenvalue weighted by Crippen LogP contribution is 2.22. The topological polar surface area (TPSA) is 57.3 Å². The summed E-state index contributed by atoms with van der Waals surface area (Å²) < 4.78 is 13.8. The van der Waals surface area contributed by atoms with E-state index >= 15 is 0 Å². The van der Waals surface area contributed by atoms with E-state index in [0.29, 0.717) is 18.0 Å². The van der Waals surface area contributed by atoms with Gasteiger partial charge in [-0.15, -0.1) is 12.4 Å². The summed E-state index contributed by atoms with van der Waals surface area (Å²) in [7, 11) is 0. The van der Waals surface area contributed by atoms with Crippen LogP contribution >= 0.6 is 24.0 Å². The standard InChI is InChI=1S/C18H20ClFN4O.ClH/c19-14-3-4-16(15(20)10-14)23-18(25)5-8-24-9-7-22-12-17(24)13-2-1-6-21-11-13;/h1-4,6,10-11,17,22H,5,7-9,12H2,(H,23,25);1H. The van der Waals surface area contributed by atoms with Gasteiger partial charge in [-0.1, -0.05) is 17.7 Å². The molecule has 1 saturated heterocycles. The lowest BCUT2D eigenvalue weighted by atomic mass is 10.1. The minimum atomic E-state index is -0.531. The fraction of sp³-hybridized carbons (Fsp3) is 0.333. The first kappa shape index (κ1) is 20.6. The predicted molar refractivity (Wildman–Crippen MR) is 103 cm³/mol. The first-order chi connectivity index (χ1) is 12.1. The van der Waals surface area contributed by atoms with Gasteiger partial charge in [0.1, 0.15) is 5.82 Å². The summed E-state index contributed by atoms with van der Waals surface area (Å²) in [6.07, 6.45) is 3.89. The monoisotopic (exact) mass is 398 g/mol. The third-order valence-corrected chi connectivity index (χ3v) is 4.49. The van der Waals surface area contributed by atoms with E-state index in [1.807, 2.05) is 18.3 Å². The second-order valence-corrected chi connectivity index (χ2v) is 6.40. The Bertz CT molecular complexity index is 732. The molecule has 0 bridgehead atoms. The molecule has 140 valence electrons. The average Bonchev–Trinajstić information content (AvgIpc) is 2.63.